The lowest BCUT2D eigenvalue weighted by Gasteiger charge is -2.30. The maximum Gasteiger partial charge on any atom is 0.333 e. The molecule has 1 saturated heterocycles. The number of esters is 3. The largest absolute Gasteiger partial charge is 0.506 e. The van der Waals surface area contributed by atoms with Crippen molar-refractivity contribution in [2.45, 2.75) is 25.6 Å². The summed E-state index contributed by atoms with van der Waals surface area (Å²) in [7, 11) is 0. The van der Waals surface area contributed by atoms with Gasteiger partial charge in [0.1, 0.15) is 18.0 Å². The molecule has 6 atom stereocenters. The van der Waals surface area contributed by atoms with Gasteiger partial charge in [0.25, 0.3) is 0 Å². The minimum absolute atomic E-state index is 0.0222. The van der Waals surface area contributed by atoms with Crippen molar-refractivity contribution in [3.63, 3.8) is 0 Å². The Morgan fingerprint density at radius 3 is 2.77 bits per heavy atom. The van der Waals surface area contributed by atoms with E-state index in [9.17, 15) is 19.5 Å². The van der Waals surface area contributed by atoms with Crippen molar-refractivity contribution in [1.29, 1.82) is 0 Å². The minimum atomic E-state index is -0.759. The molecule has 4 rings (SSSR count). The molecular formula is C18H17NO7. The summed E-state index contributed by atoms with van der Waals surface area (Å²) >= 11 is 0. The number of fused-ring (bicyclic) bond motifs is 1. The fourth-order valence-electron chi connectivity index (χ4n) is 4.30. The zero-order chi connectivity index (χ0) is 18.6. The lowest BCUT2D eigenvalue weighted by atomic mass is 9.78. The fraction of sp³-hybridized carbons (Fsp3) is 0.444. The molecule has 2 saturated carbocycles. The molecule has 8 nitrogen and oxygen atoms in total. The maximum absolute atomic E-state index is 12.7. The van der Waals surface area contributed by atoms with E-state index in [1.807, 2.05) is 0 Å². The average molecular weight is 359 g/mol. The van der Waals surface area contributed by atoms with E-state index in [1.165, 1.54) is 19.1 Å². The molecule has 2 heterocycles. The van der Waals surface area contributed by atoms with Crippen LogP contribution in [0.25, 0.3) is 0 Å². The number of aromatic hydroxyl groups is 1. The lowest BCUT2D eigenvalue weighted by molar-refractivity contribution is -0.160. The minimum Gasteiger partial charge on any atom is -0.506 e. The molecule has 0 spiro atoms. The van der Waals surface area contributed by atoms with Gasteiger partial charge in [-0.05, 0) is 19.4 Å². The smallest absolute Gasteiger partial charge is 0.333 e. The Hall–Kier alpha value is -2.90. The summed E-state index contributed by atoms with van der Waals surface area (Å²) in [6.07, 6.45) is 0.507. The van der Waals surface area contributed by atoms with E-state index in [-0.39, 0.29) is 29.0 Å². The van der Waals surface area contributed by atoms with Gasteiger partial charge in [-0.15, -0.1) is 0 Å². The third kappa shape index (κ3) is 2.44. The van der Waals surface area contributed by atoms with Crippen molar-refractivity contribution >= 4 is 17.9 Å². The number of rotatable bonds is 4. The van der Waals surface area contributed by atoms with Crippen molar-refractivity contribution < 1.29 is 33.7 Å². The van der Waals surface area contributed by atoms with Gasteiger partial charge in [0.05, 0.1) is 18.0 Å². The van der Waals surface area contributed by atoms with E-state index in [2.05, 4.69) is 11.6 Å². The molecule has 0 amide bonds. The summed E-state index contributed by atoms with van der Waals surface area (Å²) in [5.74, 6) is -3.55. The van der Waals surface area contributed by atoms with E-state index >= 15 is 0 Å². The lowest BCUT2D eigenvalue weighted by Crippen LogP contribution is -2.44. The highest BCUT2D eigenvalue weighted by Crippen LogP contribution is 2.59. The molecule has 136 valence electrons. The van der Waals surface area contributed by atoms with Gasteiger partial charge in [-0.3, -0.25) is 9.59 Å². The summed E-state index contributed by atoms with van der Waals surface area (Å²) in [6, 6.07) is 2.70. The summed E-state index contributed by atoms with van der Waals surface area (Å²) in [6.45, 7) is 5.08. The molecule has 1 aromatic rings. The standard InChI is InChI=1S/C18H17NO7/c1-7(2)16(21)25-14-9-5-10-13(18(23)26-15(10)14)12(9)17(22)24-11-4-3-8(20)6-19-11/h3-4,6,9-10,12-15,20H,1,5H2,2H3. The van der Waals surface area contributed by atoms with Crippen LogP contribution in [-0.2, 0) is 23.9 Å². The molecular weight excluding hydrogens is 342 g/mol. The summed E-state index contributed by atoms with van der Waals surface area (Å²) in [4.78, 5) is 40.7. The Balaban J connectivity index is 1.56. The Bertz CT molecular complexity index is 802. The normalized spacial score (nSPS) is 33.7. The first-order valence-corrected chi connectivity index (χ1v) is 8.30. The van der Waals surface area contributed by atoms with Crippen LogP contribution in [0.15, 0.2) is 30.5 Å². The fourth-order valence-corrected chi connectivity index (χ4v) is 4.30. The zero-order valence-electron chi connectivity index (χ0n) is 14.0. The highest BCUT2D eigenvalue weighted by atomic mass is 16.6. The first-order valence-electron chi connectivity index (χ1n) is 8.30. The highest BCUT2D eigenvalue weighted by Gasteiger charge is 2.70. The Morgan fingerprint density at radius 1 is 1.35 bits per heavy atom. The molecule has 26 heavy (non-hydrogen) atoms. The quantitative estimate of drug-likeness (QED) is 0.626. The maximum atomic E-state index is 12.7. The van der Waals surface area contributed by atoms with Crippen LogP contribution in [0.4, 0.5) is 0 Å². The summed E-state index contributed by atoms with van der Waals surface area (Å²) in [5.41, 5.74) is 0.237. The highest BCUT2D eigenvalue weighted by molar-refractivity contribution is 5.89. The van der Waals surface area contributed by atoms with E-state index in [4.69, 9.17) is 14.2 Å². The van der Waals surface area contributed by atoms with Gasteiger partial charge in [0.2, 0.25) is 5.88 Å². The SMILES string of the molecule is C=C(C)C(=O)OC1C2CC3C1OC(=O)C3C2C(=O)Oc1ccc(O)cn1. The van der Waals surface area contributed by atoms with Crippen LogP contribution in [0, 0.1) is 23.7 Å². The number of hydrogen-bond donors (Lipinski definition) is 1. The molecule has 3 aliphatic rings. The Labute approximate surface area is 148 Å². The van der Waals surface area contributed by atoms with E-state index in [0.29, 0.717) is 6.42 Å². The molecule has 0 aromatic carbocycles. The van der Waals surface area contributed by atoms with Gasteiger partial charge in [-0.25, -0.2) is 9.78 Å². The van der Waals surface area contributed by atoms with Gasteiger partial charge in [-0.1, -0.05) is 6.58 Å². The molecule has 0 radical (unpaired) electrons. The summed E-state index contributed by atoms with van der Waals surface area (Å²) < 4.78 is 16.1. The van der Waals surface area contributed by atoms with Crippen molar-refractivity contribution in [3.05, 3.63) is 30.5 Å². The second kappa shape index (κ2) is 5.82. The van der Waals surface area contributed by atoms with E-state index in [0.717, 1.165) is 6.20 Å². The molecule has 6 unspecified atom stereocenters. The van der Waals surface area contributed by atoms with Crippen LogP contribution < -0.4 is 4.74 Å². The third-order valence-corrected chi connectivity index (χ3v) is 5.34. The number of aromatic nitrogens is 1. The second-order valence-electron chi connectivity index (χ2n) is 6.94. The van der Waals surface area contributed by atoms with Gasteiger partial charge >= 0.3 is 17.9 Å². The van der Waals surface area contributed by atoms with E-state index < -0.39 is 42.0 Å². The molecule has 1 aromatic heterocycles. The van der Waals surface area contributed by atoms with Crippen LogP contribution in [0.3, 0.4) is 0 Å². The number of nitrogens with zero attached hydrogens (tertiary/aromatic N) is 1. The molecule has 3 fully saturated rings. The van der Waals surface area contributed by atoms with Gasteiger partial charge in [0.15, 0.2) is 0 Å². The average Bonchev–Trinajstić information content (AvgIpc) is 3.20. The Morgan fingerprint density at radius 2 is 2.12 bits per heavy atom. The van der Waals surface area contributed by atoms with Crippen LogP contribution >= 0.6 is 0 Å². The number of hydrogen-bond acceptors (Lipinski definition) is 8. The number of ether oxygens (including phenoxy) is 3. The molecule has 8 heteroatoms. The predicted octanol–water partition coefficient (Wildman–Crippen LogP) is 0.988. The zero-order valence-corrected chi connectivity index (χ0v) is 14.0. The van der Waals surface area contributed by atoms with Crippen molar-refractivity contribution in [2.24, 2.45) is 23.7 Å². The van der Waals surface area contributed by atoms with Crippen molar-refractivity contribution in [3.8, 4) is 11.6 Å². The van der Waals surface area contributed by atoms with Gasteiger partial charge in [0, 0.05) is 23.5 Å². The van der Waals surface area contributed by atoms with Gasteiger partial charge < -0.3 is 19.3 Å². The molecule has 1 aliphatic heterocycles. The number of carbonyl (C=O) groups excluding carboxylic acids is 3. The van der Waals surface area contributed by atoms with Crippen LogP contribution in [0.2, 0.25) is 0 Å². The Kier molecular flexibility index (Phi) is 3.71. The topological polar surface area (TPSA) is 112 Å². The van der Waals surface area contributed by atoms with Crippen LogP contribution in [0.5, 0.6) is 11.6 Å². The van der Waals surface area contributed by atoms with Gasteiger partial charge in [-0.2, -0.15) is 0 Å². The number of pyridine rings is 1. The first-order chi connectivity index (χ1) is 12.4. The third-order valence-electron chi connectivity index (χ3n) is 5.34. The summed E-state index contributed by atoms with van der Waals surface area (Å²) in [5, 5.41) is 9.25. The predicted molar refractivity (Wildman–Crippen MR) is 84.7 cm³/mol. The molecule has 2 bridgehead atoms. The van der Waals surface area contributed by atoms with Crippen molar-refractivity contribution in [1.82, 2.24) is 4.98 Å². The van der Waals surface area contributed by atoms with Crippen LogP contribution in [-0.4, -0.2) is 40.2 Å². The van der Waals surface area contributed by atoms with Crippen molar-refractivity contribution in [2.75, 3.05) is 0 Å². The number of carbonyl (C=O) groups is 3. The molecule has 2 aliphatic carbocycles. The monoisotopic (exact) mass is 359 g/mol. The van der Waals surface area contributed by atoms with E-state index in [1.54, 1.807) is 0 Å². The first kappa shape index (κ1) is 16.6. The second-order valence-corrected chi connectivity index (χ2v) is 6.94. The molecule has 1 N–H and O–H groups in total. The van der Waals surface area contributed by atoms with Crippen LogP contribution in [0.1, 0.15) is 13.3 Å².